The summed E-state index contributed by atoms with van der Waals surface area (Å²) in [4.78, 5) is 11.1. The summed E-state index contributed by atoms with van der Waals surface area (Å²) in [6, 6.07) is 4.87. The Morgan fingerprint density at radius 2 is 2.12 bits per heavy atom. The van der Waals surface area contributed by atoms with Gasteiger partial charge in [-0.25, -0.2) is 0 Å². The van der Waals surface area contributed by atoms with Gasteiger partial charge >= 0.3 is 0 Å². The van der Waals surface area contributed by atoms with Crippen LogP contribution in [0.2, 0.25) is 10.0 Å². The molecule has 1 aromatic rings. The third kappa shape index (κ3) is 3.72. The number of carbonyl (C=O) groups is 1. The Morgan fingerprint density at radius 3 is 2.59 bits per heavy atom. The number of halogens is 2. The number of carbonyl (C=O) groups excluding carboxylic acids is 1. The Balaban J connectivity index is 2.92. The summed E-state index contributed by atoms with van der Waals surface area (Å²) in [5, 5.41) is 12.5. The van der Waals surface area contributed by atoms with Gasteiger partial charge in [0.25, 0.3) is 0 Å². The zero-order valence-electron chi connectivity index (χ0n) is 8.95. The Morgan fingerprint density at radius 1 is 1.47 bits per heavy atom. The fraction of sp³-hybridized carbons (Fsp3) is 0.100. The second kappa shape index (κ2) is 5.65. The van der Waals surface area contributed by atoms with Crippen LogP contribution >= 0.6 is 23.2 Å². The van der Waals surface area contributed by atoms with Gasteiger partial charge in [-0.15, -0.1) is 0 Å². The molecule has 0 unspecified atom stereocenters. The summed E-state index contributed by atoms with van der Waals surface area (Å²) < 4.78 is 0. The van der Waals surface area contributed by atoms with Crippen molar-refractivity contribution in [2.75, 3.05) is 0 Å². The number of guanidine groups is 1. The Kier molecular flexibility index (Phi) is 4.48. The third-order valence-corrected chi connectivity index (χ3v) is 2.53. The lowest BCUT2D eigenvalue weighted by atomic mass is 10.2. The van der Waals surface area contributed by atoms with E-state index in [1.54, 1.807) is 18.2 Å². The molecule has 17 heavy (non-hydrogen) atoms. The minimum absolute atomic E-state index is 0.382. The Bertz CT molecular complexity index is 473. The summed E-state index contributed by atoms with van der Waals surface area (Å²) in [6.07, 6.45) is 1.37. The quantitative estimate of drug-likeness (QED) is 0.491. The molecule has 0 aliphatic heterocycles. The van der Waals surface area contributed by atoms with Crippen LogP contribution in [0.5, 0.6) is 0 Å². The fourth-order valence-electron chi connectivity index (χ4n) is 1.03. The molecule has 3 N–H and O–H groups in total. The van der Waals surface area contributed by atoms with Crippen LogP contribution in [0, 0.1) is 5.41 Å². The molecule has 0 saturated heterocycles. The van der Waals surface area contributed by atoms with Crippen LogP contribution in [0.3, 0.4) is 0 Å². The van der Waals surface area contributed by atoms with Crippen LogP contribution in [-0.4, -0.2) is 23.1 Å². The topological polar surface area (TPSA) is 82.5 Å². The van der Waals surface area contributed by atoms with Crippen LogP contribution in [0.4, 0.5) is 0 Å². The minimum atomic E-state index is -0.450. The van der Waals surface area contributed by atoms with E-state index in [9.17, 15) is 4.79 Å². The van der Waals surface area contributed by atoms with Crippen molar-refractivity contribution in [3.63, 3.8) is 0 Å². The Labute approximate surface area is 108 Å². The molecule has 0 saturated carbocycles. The molecule has 0 bridgehead atoms. The summed E-state index contributed by atoms with van der Waals surface area (Å²) in [5.41, 5.74) is 5.83. The van der Waals surface area contributed by atoms with Gasteiger partial charge in [0.2, 0.25) is 11.9 Å². The van der Waals surface area contributed by atoms with Crippen molar-refractivity contribution >= 4 is 41.3 Å². The van der Waals surface area contributed by atoms with Crippen LogP contribution in [-0.2, 0) is 4.79 Å². The van der Waals surface area contributed by atoms with Crippen LogP contribution in [0.25, 0.3) is 0 Å². The highest BCUT2D eigenvalue weighted by atomic mass is 35.5. The molecule has 0 radical (unpaired) electrons. The van der Waals surface area contributed by atoms with Gasteiger partial charge in [-0.05, 0) is 17.7 Å². The maximum atomic E-state index is 11.1. The number of nitrogens with zero attached hydrogens (tertiary/aromatic N) is 2. The molecule has 0 atom stereocenters. The molecular weight excluding hydrogens is 263 g/mol. The molecule has 1 aromatic carbocycles. The molecule has 1 rings (SSSR count). The fourth-order valence-corrected chi connectivity index (χ4v) is 1.34. The molecule has 0 aliphatic rings. The summed E-state index contributed by atoms with van der Waals surface area (Å²) >= 11 is 11.6. The highest BCUT2D eigenvalue weighted by molar-refractivity contribution is 6.42. The van der Waals surface area contributed by atoms with E-state index >= 15 is 0 Å². The second-order valence-electron chi connectivity index (χ2n) is 3.13. The van der Waals surface area contributed by atoms with E-state index in [2.05, 4.69) is 5.10 Å². The summed E-state index contributed by atoms with van der Waals surface area (Å²) in [6.45, 7) is 1.26. The second-order valence-corrected chi connectivity index (χ2v) is 3.95. The van der Waals surface area contributed by atoms with Crippen molar-refractivity contribution in [2.45, 2.75) is 6.92 Å². The third-order valence-electron chi connectivity index (χ3n) is 1.79. The monoisotopic (exact) mass is 272 g/mol. The highest BCUT2D eigenvalue weighted by Crippen LogP contribution is 2.21. The number of hydrazone groups is 1. The van der Waals surface area contributed by atoms with Gasteiger partial charge in [0, 0.05) is 6.92 Å². The lowest BCUT2D eigenvalue weighted by Crippen LogP contribution is -2.35. The summed E-state index contributed by atoms with van der Waals surface area (Å²) in [5.74, 6) is -0.900. The SMILES string of the molecule is CC(=O)N(/N=C/c1ccc(Cl)c(Cl)c1)C(=N)N. The first-order chi connectivity index (χ1) is 7.91. The van der Waals surface area contributed by atoms with E-state index in [1.165, 1.54) is 13.1 Å². The number of rotatable bonds is 2. The van der Waals surface area contributed by atoms with Crippen LogP contribution in [0.15, 0.2) is 23.3 Å². The predicted octanol–water partition coefficient (Wildman–Crippen LogP) is 2.07. The molecule has 0 fully saturated rings. The van der Waals surface area contributed by atoms with Crippen LogP contribution in [0.1, 0.15) is 12.5 Å². The normalized spacial score (nSPS) is 10.5. The predicted molar refractivity (Wildman–Crippen MR) is 68.5 cm³/mol. The molecule has 0 spiro atoms. The number of hydrogen-bond donors (Lipinski definition) is 2. The van der Waals surface area contributed by atoms with Crippen molar-refractivity contribution in [1.82, 2.24) is 5.01 Å². The zero-order chi connectivity index (χ0) is 13.0. The first-order valence-corrected chi connectivity index (χ1v) is 5.31. The number of benzene rings is 1. The molecule has 90 valence electrons. The lowest BCUT2D eigenvalue weighted by Gasteiger charge is -2.11. The zero-order valence-corrected chi connectivity index (χ0v) is 10.5. The molecule has 7 heteroatoms. The molecule has 5 nitrogen and oxygen atoms in total. The standard InChI is InChI=1S/C10H10Cl2N4O/c1-6(17)16(10(13)14)15-5-7-2-3-8(11)9(12)4-7/h2-5H,1H3,(H3,13,14)/b15-5+. The van der Waals surface area contributed by atoms with Crippen molar-refractivity contribution in [2.24, 2.45) is 10.8 Å². The Hall–Kier alpha value is -1.59. The molecule has 1 amide bonds. The van der Waals surface area contributed by atoms with Gasteiger partial charge in [-0.2, -0.15) is 10.1 Å². The van der Waals surface area contributed by atoms with Gasteiger partial charge < -0.3 is 5.73 Å². The van der Waals surface area contributed by atoms with E-state index < -0.39 is 11.9 Å². The first kappa shape index (κ1) is 13.5. The van der Waals surface area contributed by atoms with Crippen LogP contribution < -0.4 is 5.73 Å². The van der Waals surface area contributed by atoms with E-state index in [-0.39, 0.29) is 0 Å². The average Bonchev–Trinajstić information content (AvgIpc) is 2.22. The van der Waals surface area contributed by atoms with E-state index in [0.717, 1.165) is 5.01 Å². The molecule has 0 aliphatic carbocycles. The van der Waals surface area contributed by atoms with Gasteiger partial charge in [0.1, 0.15) is 0 Å². The summed E-state index contributed by atoms with van der Waals surface area (Å²) in [7, 11) is 0. The number of nitrogens with one attached hydrogen (secondary N) is 1. The van der Waals surface area contributed by atoms with Crippen molar-refractivity contribution < 1.29 is 4.79 Å². The number of nitrogens with two attached hydrogens (primary N) is 1. The van der Waals surface area contributed by atoms with Crippen molar-refractivity contribution in [3.8, 4) is 0 Å². The average molecular weight is 273 g/mol. The van der Waals surface area contributed by atoms with Crippen molar-refractivity contribution in [3.05, 3.63) is 33.8 Å². The van der Waals surface area contributed by atoms with Gasteiger partial charge in [0.15, 0.2) is 0 Å². The highest BCUT2D eigenvalue weighted by Gasteiger charge is 2.08. The van der Waals surface area contributed by atoms with Gasteiger partial charge in [-0.3, -0.25) is 10.2 Å². The molecule has 0 heterocycles. The van der Waals surface area contributed by atoms with E-state index in [4.69, 9.17) is 34.3 Å². The maximum absolute atomic E-state index is 11.1. The van der Waals surface area contributed by atoms with Crippen molar-refractivity contribution in [1.29, 1.82) is 5.41 Å². The smallest absolute Gasteiger partial charge is 0.246 e. The minimum Gasteiger partial charge on any atom is -0.368 e. The number of amides is 1. The number of hydrogen-bond acceptors (Lipinski definition) is 3. The maximum Gasteiger partial charge on any atom is 0.246 e. The molecular formula is C10H10Cl2N4O. The lowest BCUT2D eigenvalue weighted by molar-refractivity contribution is -0.125. The van der Waals surface area contributed by atoms with E-state index in [1.807, 2.05) is 0 Å². The van der Waals surface area contributed by atoms with E-state index in [0.29, 0.717) is 15.6 Å². The molecule has 0 aromatic heterocycles. The largest absolute Gasteiger partial charge is 0.368 e. The first-order valence-electron chi connectivity index (χ1n) is 4.55. The van der Waals surface area contributed by atoms with Gasteiger partial charge in [0.05, 0.1) is 16.3 Å². The van der Waals surface area contributed by atoms with Gasteiger partial charge in [-0.1, -0.05) is 29.3 Å².